The van der Waals surface area contributed by atoms with E-state index in [4.69, 9.17) is 33.5 Å². The van der Waals surface area contributed by atoms with Gasteiger partial charge < -0.3 is 20.3 Å². The highest BCUT2D eigenvalue weighted by Crippen LogP contribution is 2.71. The Labute approximate surface area is 273 Å². The van der Waals surface area contributed by atoms with Crippen molar-refractivity contribution in [1.82, 2.24) is 0 Å². The van der Waals surface area contributed by atoms with Gasteiger partial charge in [0.1, 0.15) is 36.1 Å². The molecule has 1 saturated heterocycles. The van der Waals surface area contributed by atoms with Gasteiger partial charge in [-0.15, -0.1) is 0 Å². The standard InChI is InChI=1S/C33H53NO8S.CO2/c1-17(2)19(5)8-9-20(6)22-10-11-24-23(22)12-13-25-26(24)28(35)30-33(41-30)16-21(14-15-32(25,33)7)40-31(36)27(34)29(18(3)4)42-43(37,38)39;2-1-3/h8-9,17-23,25,27-30,35H,10-16,34H2,1-7H3,(H,37,38,39);/b9-8+;/t19-,20+,21-,22+,23+,25-,27-,28+,29-,30-,32+,33-;/m0./s1. The number of hydrogen-bond donors (Lipinski definition) is 3. The molecule has 12 heteroatoms. The van der Waals surface area contributed by atoms with E-state index in [9.17, 15) is 18.3 Å². The van der Waals surface area contributed by atoms with E-state index in [0.717, 1.165) is 32.1 Å². The van der Waals surface area contributed by atoms with Crippen molar-refractivity contribution in [3.8, 4) is 0 Å². The van der Waals surface area contributed by atoms with Crippen molar-refractivity contribution in [2.75, 3.05) is 0 Å². The fourth-order valence-corrected chi connectivity index (χ4v) is 9.78. The lowest BCUT2D eigenvalue weighted by atomic mass is 9.49. The first-order valence-electron chi connectivity index (χ1n) is 16.8. The number of esters is 1. The molecule has 0 aromatic carbocycles. The van der Waals surface area contributed by atoms with Gasteiger partial charge in [-0.05, 0) is 85.5 Å². The average Bonchev–Trinajstić information content (AvgIpc) is 3.55. The van der Waals surface area contributed by atoms with Crippen molar-refractivity contribution in [2.24, 2.45) is 52.6 Å². The zero-order chi connectivity index (χ0) is 34.4. The molecule has 260 valence electrons. The lowest BCUT2D eigenvalue weighted by molar-refractivity contribution is -0.191. The number of rotatable bonds is 10. The quantitative estimate of drug-likeness (QED) is 0.130. The SMILES string of the molecule is CC(C)[C@@H](C)/C=C/[C@@H](C)[C@H]1CCC2=C3[C@@H](O)[C@@H]4O[C@@]45C[C@@H](OC(=O)[C@@H](N)[C@@H](OS(=O)(=O)O)C(C)C)CC[C@]5(C)[C@H]3CC[C@@H]21.O=C=O. The van der Waals surface area contributed by atoms with Gasteiger partial charge in [0, 0.05) is 11.8 Å². The first-order valence-corrected chi connectivity index (χ1v) is 18.2. The van der Waals surface area contributed by atoms with Crippen LogP contribution < -0.4 is 5.73 Å². The summed E-state index contributed by atoms with van der Waals surface area (Å²) in [6, 6.07) is -1.38. The molecule has 0 aromatic rings. The molecule has 0 aromatic heterocycles. The summed E-state index contributed by atoms with van der Waals surface area (Å²) in [6.45, 7) is 14.8. The van der Waals surface area contributed by atoms with Gasteiger partial charge in [0.15, 0.2) is 0 Å². The van der Waals surface area contributed by atoms with Crippen LogP contribution in [0.25, 0.3) is 0 Å². The molecular formula is C34H53NO10S. The molecule has 11 nitrogen and oxygen atoms in total. The van der Waals surface area contributed by atoms with Crippen LogP contribution in [0.2, 0.25) is 0 Å². The van der Waals surface area contributed by atoms with E-state index in [1.807, 2.05) is 0 Å². The van der Waals surface area contributed by atoms with Crippen molar-refractivity contribution in [1.29, 1.82) is 0 Å². The van der Waals surface area contributed by atoms with E-state index in [0.29, 0.717) is 42.4 Å². The summed E-state index contributed by atoms with van der Waals surface area (Å²) in [6.07, 6.45) is 8.64. The van der Waals surface area contributed by atoms with Gasteiger partial charge in [0.05, 0.1) is 0 Å². The van der Waals surface area contributed by atoms with Crippen molar-refractivity contribution >= 4 is 22.5 Å². The molecule has 5 rings (SSSR count). The van der Waals surface area contributed by atoms with Crippen LogP contribution in [0.5, 0.6) is 0 Å². The van der Waals surface area contributed by atoms with Gasteiger partial charge in [-0.3, -0.25) is 9.35 Å². The number of hydrogen-bond acceptors (Lipinski definition) is 10. The van der Waals surface area contributed by atoms with E-state index in [1.54, 1.807) is 13.8 Å². The maximum absolute atomic E-state index is 13.0. The van der Waals surface area contributed by atoms with Gasteiger partial charge in [-0.2, -0.15) is 18.0 Å². The number of carbonyl (C=O) groups is 1. The van der Waals surface area contributed by atoms with Gasteiger partial charge in [-0.1, -0.05) is 66.2 Å². The molecule has 4 aliphatic carbocycles. The number of nitrogens with two attached hydrogens (primary N) is 1. The van der Waals surface area contributed by atoms with E-state index in [2.05, 4.69) is 46.8 Å². The minimum absolute atomic E-state index is 0.167. The highest BCUT2D eigenvalue weighted by atomic mass is 32.3. The summed E-state index contributed by atoms with van der Waals surface area (Å²) >= 11 is 0. The van der Waals surface area contributed by atoms with Gasteiger partial charge in [-0.25, -0.2) is 4.18 Å². The largest absolute Gasteiger partial charge is 0.461 e. The number of carbonyl (C=O) groups excluding carboxylic acids is 3. The zero-order valence-electron chi connectivity index (χ0n) is 28.2. The molecule has 5 aliphatic rings. The molecule has 12 atom stereocenters. The summed E-state index contributed by atoms with van der Waals surface area (Å²) in [4.78, 5) is 29.3. The van der Waals surface area contributed by atoms with Gasteiger partial charge in [0.2, 0.25) is 0 Å². The maximum atomic E-state index is 13.0. The fourth-order valence-electron chi connectivity index (χ4n) is 9.16. The normalized spacial score (nSPS) is 37.6. The monoisotopic (exact) mass is 667 g/mol. The lowest BCUT2D eigenvalue weighted by Gasteiger charge is -2.54. The Morgan fingerprint density at radius 3 is 2.30 bits per heavy atom. The summed E-state index contributed by atoms with van der Waals surface area (Å²) in [7, 11) is -4.79. The highest BCUT2D eigenvalue weighted by Gasteiger charge is 2.77. The third kappa shape index (κ3) is 6.95. The van der Waals surface area contributed by atoms with Crippen LogP contribution in [0, 0.1) is 46.8 Å². The Morgan fingerprint density at radius 1 is 1.07 bits per heavy atom. The van der Waals surface area contributed by atoms with E-state index < -0.39 is 52.2 Å². The van der Waals surface area contributed by atoms with Crippen LogP contribution in [0.4, 0.5) is 0 Å². The maximum Gasteiger partial charge on any atom is 0.397 e. The Hall–Kier alpha value is -1.92. The molecule has 46 heavy (non-hydrogen) atoms. The molecule has 0 radical (unpaired) electrons. The molecule has 0 amide bonds. The second-order valence-corrected chi connectivity index (χ2v) is 16.2. The Morgan fingerprint density at radius 2 is 1.72 bits per heavy atom. The predicted molar refractivity (Wildman–Crippen MR) is 168 cm³/mol. The number of ether oxygens (including phenoxy) is 2. The van der Waals surface area contributed by atoms with Crippen molar-refractivity contribution in [3.05, 3.63) is 23.3 Å². The molecular weight excluding hydrogens is 614 g/mol. The van der Waals surface area contributed by atoms with E-state index in [1.165, 1.54) is 11.1 Å². The highest BCUT2D eigenvalue weighted by molar-refractivity contribution is 7.80. The third-order valence-electron chi connectivity index (χ3n) is 12.1. The van der Waals surface area contributed by atoms with Crippen molar-refractivity contribution in [3.63, 3.8) is 0 Å². The lowest BCUT2D eigenvalue weighted by Crippen LogP contribution is -2.58. The Bertz CT molecular complexity index is 1340. The van der Waals surface area contributed by atoms with Gasteiger partial charge >= 0.3 is 22.5 Å². The van der Waals surface area contributed by atoms with Crippen LogP contribution in [-0.2, 0) is 38.4 Å². The summed E-state index contributed by atoms with van der Waals surface area (Å²) < 4.78 is 48.8. The molecule has 4 fully saturated rings. The number of fused-ring (bicyclic) bond motifs is 3. The summed E-state index contributed by atoms with van der Waals surface area (Å²) in [5.74, 6) is 1.82. The minimum atomic E-state index is -4.79. The third-order valence-corrected chi connectivity index (χ3v) is 12.5. The van der Waals surface area contributed by atoms with Gasteiger partial charge in [0.25, 0.3) is 0 Å². The number of aliphatic hydroxyl groups is 1. The first kappa shape index (κ1) is 36.9. The molecule has 1 heterocycles. The summed E-state index contributed by atoms with van der Waals surface area (Å²) in [5, 5.41) is 11.7. The molecule has 3 saturated carbocycles. The molecule has 0 bridgehead atoms. The number of allylic oxidation sites excluding steroid dienone is 3. The fraction of sp³-hybridized carbons (Fsp3) is 0.824. The second kappa shape index (κ2) is 13.9. The predicted octanol–water partition coefficient (Wildman–Crippen LogP) is 4.41. The van der Waals surface area contributed by atoms with Crippen molar-refractivity contribution < 1.29 is 46.1 Å². The first-order chi connectivity index (χ1) is 21.4. The van der Waals surface area contributed by atoms with E-state index >= 15 is 0 Å². The summed E-state index contributed by atoms with van der Waals surface area (Å²) in [5.41, 5.74) is 8.06. The van der Waals surface area contributed by atoms with Crippen LogP contribution >= 0.6 is 0 Å². The number of epoxide rings is 1. The minimum Gasteiger partial charge on any atom is -0.461 e. The molecule has 0 unspecified atom stereocenters. The molecule has 1 aliphatic heterocycles. The van der Waals surface area contributed by atoms with E-state index in [-0.39, 0.29) is 23.6 Å². The molecule has 1 spiro atoms. The Balaban J connectivity index is 0.00000154. The zero-order valence-corrected chi connectivity index (χ0v) is 29.0. The van der Waals surface area contributed by atoms with Crippen LogP contribution in [0.15, 0.2) is 23.3 Å². The van der Waals surface area contributed by atoms with Crippen molar-refractivity contribution in [2.45, 2.75) is 129 Å². The number of aliphatic hydroxyl groups excluding tert-OH is 1. The van der Waals surface area contributed by atoms with Crippen LogP contribution in [0.3, 0.4) is 0 Å². The average molecular weight is 668 g/mol. The van der Waals surface area contributed by atoms with Crippen LogP contribution in [-0.4, -0.2) is 66.3 Å². The topological polar surface area (TPSA) is 183 Å². The smallest absolute Gasteiger partial charge is 0.397 e. The second-order valence-electron chi connectivity index (χ2n) is 15.2. The van der Waals surface area contributed by atoms with Crippen LogP contribution in [0.1, 0.15) is 93.4 Å². The Kier molecular flexibility index (Phi) is 11.2. The molecule has 4 N–H and O–H groups in total.